The fourth-order valence-electron chi connectivity index (χ4n) is 2.37. The normalized spacial score (nSPS) is 18.7. The first kappa shape index (κ1) is 11.5. The molecule has 3 rings (SSSR count). The molecule has 1 aliphatic rings. The van der Waals surface area contributed by atoms with E-state index in [1.807, 2.05) is 4.68 Å². The molecule has 2 heterocycles. The van der Waals surface area contributed by atoms with Crippen LogP contribution in [0, 0.1) is 5.82 Å². The molecular weight excluding hydrogens is 255 g/mol. The van der Waals surface area contributed by atoms with E-state index >= 15 is 0 Å². The van der Waals surface area contributed by atoms with E-state index in [4.69, 9.17) is 17.3 Å². The van der Waals surface area contributed by atoms with Gasteiger partial charge in [0.2, 0.25) is 5.95 Å². The number of benzene rings is 1. The van der Waals surface area contributed by atoms with Crippen molar-refractivity contribution in [1.82, 2.24) is 14.8 Å². The number of nitrogen functional groups attached to an aromatic ring is 1. The lowest BCUT2D eigenvalue weighted by Crippen LogP contribution is -2.20. The Morgan fingerprint density at radius 3 is 3.06 bits per heavy atom. The molecule has 0 saturated carbocycles. The molecule has 0 radical (unpaired) electrons. The van der Waals surface area contributed by atoms with Crippen LogP contribution in [0.1, 0.15) is 23.7 Å². The van der Waals surface area contributed by atoms with Gasteiger partial charge in [-0.25, -0.2) is 9.07 Å². The van der Waals surface area contributed by atoms with Crippen molar-refractivity contribution in [1.29, 1.82) is 0 Å². The molecule has 2 aromatic rings. The number of halogens is 2. The molecule has 1 aromatic carbocycles. The molecule has 1 aromatic heterocycles. The summed E-state index contributed by atoms with van der Waals surface area (Å²) >= 11 is 5.81. The van der Waals surface area contributed by atoms with Crippen molar-refractivity contribution in [2.24, 2.45) is 0 Å². The largest absolute Gasteiger partial charge is 0.366 e. The minimum absolute atomic E-state index is 0.163. The summed E-state index contributed by atoms with van der Waals surface area (Å²) in [6, 6.07) is 4.87. The van der Waals surface area contributed by atoms with Crippen LogP contribution in [0.3, 0.4) is 0 Å². The van der Waals surface area contributed by atoms with Gasteiger partial charge in [-0.15, -0.1) is 5.10 Å². The Labute approximate surface area is 109 Å². The zero-order chi connectivity index (χ0) is 12.7. The van der Waals surface area contributed by atoms with Crippen LogP contribution in [-0.2, 0) is 13.0 Å². The smallest absolute Gasteiger partial charge is 0.239 e. The molecule has 1 unspecified atom stereocenters. The minimum Gasteiger partial charge on any atom is -0.366 e. The SMILES string of the molecule is Nc1nc2n(n1)CC(c1ccc(F)c(Cl)c1)CC2. The Balaban J connectivity index is 1.89. The van der Waals surface area contributed by atoms with Crippen LogP contribution in [0.5, 0.6) is 0 Å². The Kier molecular flexibility index (Phi) is 2.70. The van der Waals surface area contributed by atoms with Crippen molar-refractivity contribution in [3.8, 4) is 0 Å². The third-order valence-corrected chi connectivity index (χ3v) is 3.58. The summed E-state index contributed by atoms with van der Waals surface area (Å²) in [5.41, 5.74) is 6.60. The molecule has 0 amide bonds. The number of aromatic nitrogens is 3. The molecule has 4 nitrogen and oxygen atoms in total. The molecule has 2 N–H and O–H groups in total. The molecule has 6 heteroatoms. The van der Waals surface area contributed by atoms with Gasteiger partial charge in [0.15, 0.2) is 0 Å². The quantitative estimate of drug-likeness (QED) is 0.862. The predicted octanol–water partition coefficient (Wildman–Crippen LogP) is 2.38. The Bertz CT molecular complexity index is 596. The Hall–Kier alpha value is -1.62. The summed E-state index contributed by atoms with van der Waals surface area (Å²) in [6.07, 6.45) is 1.77. The van der Waals surface area contributed by atoms with Gasteiger partial charge in [0.1, 0.15) is 11.6 Å². The standard InChI is InChI=1S/C12H12ClFN4/c13-9-5-7(1-3-10(9)14)8-2-4-11-16-12(15)17-18(11)6-8/h1,3,5,8H,2,4,6H2,(H2,15,17). The molecule has 1 atom stereocenters. The van der Waals surface area contributed by atoms with E-state index in [1.54, 1.807) is 12.1 Å². The number of anilines is 1. The summed E-state index contributed by atoms with van der Waals surface area (Å²) in [5, 5.41) is 4.31. The lowest BCUT2D eigenvalue weighted by atomic mass is 9.92. The van der Waals surface area contributed by atoms with E-state index in [-0.39, 0.29) is 16.8 Å². The van der Waals surface area contributed by atoms with Gasteiger partial charge in [-0.05, 0) is 24.1 Å². The molecule has 18 heavy (non-hydrogen) atoms. The van der Waals surface area contributed by atoms with Crippen molar-refractivity contribution < 1.29 is 4.39 Å². The summed E-state index contributed by atoms with van der Waals surface area (Å²) in [7, 11) is 0. The number of hydrogen-bond donors (Lipinski definition) is 1. The first-order valence-electron chi connectivity index (χ1n) is 5.77. The molecule has 94 valence electrons. The predicted molar refractivity (Wildman–Crippen MR) is 66.9 cm³/mol. The molecule has 0 bridgehead atoms. The van der Waals surface area contributed by atoms with Crippen LogP contribution in [0.4, 0.5) is 10.3 Å². The third kappa shape index (κ3) is 1.95. The fraction of sp³-hybridized carbons (Fsp3) is 0.333. The van der Waals surface area contributed by atoms with Crippen molar-refractivity contribution in [3.63, 3.8) is 0 Å². The zero-order valence-electron chi connectivity index (χ0n) is 9.61. The Morgan fingerprint density at radius 2 is 2.28 bits per heavy atom. The van der Waals surface area contributed by atoms with Crippen LogP contribution < -0.4 is 5.73 Å². The zero-order valence-corrected chi connectivity index (χ0v) is 10.4. The van der Waals surface area contributed by atoms with E-state index in [2.05, 4.69) is 10.1 Å². The van der Waals surface area contributed by atoms with Gasteiger partial charge in [-0.3, -0.25) is 0 Å². The van der Waals surface area contributed by atoms with Gasteiger partial charge in [-0.2, -0.15) is 4.98 Å². The number of hydrogen-bond acceptors (Lipinski definition) is 3. The lowest BCUT2D eigenvalue weighted by Gasteiger charge is -2.22. The van der Waals surface area contributed by atoms with Gasteiger partial charge in [0.05, 0.1) is 5.02 Å². The topological polar surface area (TPSA) is 56.7 Å². The number of aryl methyl sites for hydroxylation is 1. The molecule has 1 aliphatic heterocycles. The van der Waals surface area contributed by atoms with Crippen molar-refractivity contribution in [2.75, 3.05) is 5.73 Å². The van der Waals surface area contributed by atoms with E-state index in [0.717, 1.165) is 24.2 Å². The molecule has 0 saturated heterocycles. The second-order valence-corrected chi connectivity index (χ2v) is 4.88. The van der Waals surface area contributed by atoms with E-state index in [1.165, 1.54) is 6.07 Å². The van der Waals surface area contributed by atoms with Crippen molar-refractivity contribution in [3.05, 3.63) is 40.4 Å². The molecular formula is C12H12ClFN4. The lowest BCUT2D eigenvalue weighted by molar-refractivity contribution is 0.423. The molecule has 0 spiro atoms. The van der Waals surface area contributed by atoms with Crippen molar-refractivity contribution in [2.45, 2.75) is 25.3 Å². The van der Waals surface area contributed by atoms with Crippen LogP contribution in [0.25, 0.3) is 0 Å². The highest BCUT2D eigenvalue weighted by Gasteiger charge is 2.22. The maximum atomic E-state index is 13.1. The van der Waals surface area contributed by atoms with Crippen LogP contribution in [-0.4, -0.2) is 14.8 Å². The van der Waals surface area contributed by atoms with Crippen LogP contribution in [0.15, 0.2) is 18.2 Å². The first-order chi connectivity index (χ1) is 8.63. The number of nitrogens with zero attached hydrogens (tertiary/aromatic N) is 3. The maximum absolute atomic E-state index is 13.1. The second kappa shape index (κ2) is 4.24. The first-order valence-corrected chi connectivity index (χ1v) is 6.15. The third-order valence-electron chi connectivity index (χ3n) is 3.29. The molecule has 0 fully saturated rings. The van der Waals surface area contributed by atoms with Crippen LogP contribution in [0.2, 0.25) is 5.02 Å². The minimum atomic E-state index is -0.387. The van der Waals surface area contributed by atoms with E-state index < -0.39 is 0 Å². The van der Waals surface area contributed by atoms with Gasteiger partial charge in [0.25, 0.3) is 0 Å². The summed E-state index contributed by atoms with van der Waals surface area (Å²) in [4.78, 5) is 4.15. The summed E-state index contributed by atoms with van der Waals surface area (Å²) < 4.78 is 15.0. The maximum Gasteiger partial charge on any atom is 0.239 e. The highest BCUT2D eigenvalue weighted by Crippen LogP contribution is 2.30. The fourth-order valence-corrected chi connectivity index (χ4v) is 2.56. The van der Waals surface area contributed by atoms with Crippen molar-refractivity contribution >= 4 is 17.5 Å². The average molecular weight is 267 g/mol. The summed E-state index contributed by atoms with van der Waals surface area (Å²) in [5.74, 6) is 1.11. The summed E-state index contributed by atoms with van der Waals surface area (Å²) in [6.45, 7) is 0.710. The highest BCUT2D eigenvalue weighted by molar-refractivity contribution is 6.30. The van der Waals surface area contributed by atoms with Gasteiger partial charge in [0, 0.05) is 18.9 Å². The number of fused-ring (bicyclic) bond motifs is 1. The second-order valence-electron chi connectivity index (χ2n) is 4.48. The van der Waals surface area contributed by atoms with E-state index in [9.17, 15) is 4.39 Å². The molecule has 0 aliphatic carbocycles. The highest BCUT2D eigenvalue weighted by atomic mass is 35.5. The van der Waals surface area contributed by atoms with Gasteiger partial charge < -0.3 is 5.73 Å². The number of rotatable bonds is 1. The van der Waals surface area contributed by atoms with Crippen LogP contribution >= 0.6 is 11.6 Å². The average Bonchev–Trinajstić information content (AvgIpc) is 2.71. The Morgan fingerprint density at radius 1 is 1.44 bits per heavy atom. The van der Waals surface area contributed by atoms with Gasteiger partial charge >= 0.3 is 0 Å². The monoisotopic (exact) mass is 266 g/mol. The van der Waals surface area contributed by atoms with E-state index in [0.29, 0.717) is 12.5 Å². The number of nitrogens with two attached hydrogens (primary N) is 1. The van der Waals surface area contributed by atoms with Gasteiger partial charge in [-0.1, -0.05) is 17.7 Å².